The van der Waals surface area contributed by atoms with Crippen molar-refractivity contribution in [3.63, 3.8) is 0 Å². The number of benzene rings is 2. The molecule has 0 saturated carbocycles. The van der Waals surface area contributed by atoms with Crippen LogP contribution in [0.25, 0.3) is 0 Å². The van der Waals surface area contributed by atoms with Crippen LogP contribution in [0.3, 0.4) is 0 Å². The van der Waals surface area contributed by atoms with Gasteiger partial charge in [-0.25, -0.2) is 5.21 Å². The number of rotatable bonds is 4. The number of anilines is 1. The molecule has 6 heteroatoms. The van der Waals surface area contributed by atoms with E-state index in [9.17, 15) is 10.0 Å². The normalized spacial score (nSPS) is 17.7. The Kier molecular flexibility index (Phi) is 4.29. The summed E-state index contributed by atoms with van der Waals surface area (Å²) < 4.78 is 0. The van der Waals surface area contributed by atoms with E-state index in [1.165, 1.54) is 17.7 Å². The molecule has 0 spiro atoms. The number of nitrogens with zero attached hydrogens (tertiary/aromatic N) is 1. The number of nitrogens with one attached hydrogen (secondary N) is 2. The van der Waals surface area contributed by atoms with Crippen LogP contribution in [0.4, 0.5) is 11.4 Å². The molecule has 1 aliphatic heterocycles. The van der Waals surface area contributed by atoms with Gasteiger partial charge in [-0.2, -0.15) is 5.23 Å². The first kappa shape index (κ1) is 15.5. The van der Waals surface area contributed by atoms with Crippen LogP contribution in [0, 0.1) is 5.21 Å². The lowest BCUT2D eigenvalue weighted by molar-refractivity contribution is -0.991. The molecule has 2 aromatic rings. The molecule has 3 rings (SSSR count). The van der Waals surface area contributed by atoms with E-state index in [1.54, 1.807) is 12.1 Å². The summed E-state index contributed by atoms with van der Waals surface area (Å²) in [6.45, 7) is 2.07. The van der Waals surface area contributed by atoms with Gasteiger partial charge >= 0.3 is 0 Å². The van der Waals surface area contributed by atoms with Crippen LogP contribution in [-0.4, -0.2) is 17.2 Å². The van der Waals surface area contributed by atoms with Crippen molar-refractivity contribution in [2.24, 2.45) is 0 Å². The van der Waals surface area contributed by atoms with Gasteiger partial charge in [-0.05, 0) is 30.5 Å². The van der Waals surface area contributed by atoms with Crippen molar-refractivity contribution in [2.75, 3.05) is 5.01 Å². The molecule has 0 fully saturated rings. The lowest BCUT2D eigenvalue weighted by Crippen LogP contribution is -2.99. The van der Waals surface area contributed by atoms with Gasteiger partial charge in [-0.1, -0.05) is 30.3 Å². The minimum atomic E-state index is -0.969. The van der Waals surface area contributed by atoms with Crippen molar-refractivity contribution in [3.05, 3.63) is 64.9 Å². The van der Waals surface area contributed by atoms with Gasteiger partial charge in [0.1, 0.15) is 0 Å². The Morgan fingerprint density at radius 3 is 2.70 bits per heavy atom. The molecule has 0 radical (unpaired) electrons. The third-order valence-electron chi connectivity index (χ3n) is 4.02. The second-order valence-electron chi connectivity index (χ2n) is 5.77. The fourth-order valence-corrected chi connectivity index (χ4v) is 2.86. The second-order valence-corrected chi connectivity index (χ2v) is 5.77. The maximum atomic E-state index is 12.3. The molecule has 1 heterocycles. The van der Waals surface area contributed by atoms with Crippen LogP contribution in [0.2, 0.25) is 0 Å². The van der Waals surface area contributed by atoms with Gasteiger partial charge in [0, 0.05) is 12.1 Å². The molecule has 0 bridgehead atoms. The molecule has 0 saturated heterocycles. The van der Waals surface area contributed by atoms with Crippen molar-refractivity contribution in [1.29, 1.82) is 0 Å². The van der Waals surface area contributed by atoms with Crippen LogP contribution >= 0.6 is 0 Å². The van der Waals surface area contributed by atoms with Crippen molar-refractivity contribution in [1.82, 2.24) is 5.43 Å². The molecule has 0 aromatic heterocycles. The van der Waals surface area contributed by atoms with Gasteiger partial charge in [0.2, 0.25) is 5.91 Å². The standard InChI is InChI=1S/C17H19N3O3/c1-12-10-14-4-2-3-5-16(14)19(12)18-17(21)11-13-6-8-15(9-7-13)20(22)23/h2-9,12,20,22H,10-11H2,1H3,(H,18,21)/t12-/m1/s1. The Morgan fingerprint density at radius 2 is 2.00 bits per heavy atom. The SMILES string of the molecule is C[C@@H]1Cc2ccccc2N1NC(=O)Cc1ccc([NH+]([O-])O)cc1. The number of para-hydroxylation sites is 1. The van der Waals surface area contributed by atoms with Crippen molar-refractivity contribution < 1.29 is 15.2 Å². The predicted octanol–water partition coefficient (Wildman–Crippen LogP) is 1.11. The number of hydrogen-bond acceptors (Lipinski definition) is 4. The summed E-state index contributed by atoms with van der Waals surface area (Å²) in [5, 5.41) is 20.7. The Labute approximate surface area is 134 Å². The summed E-state index contributed by atoms with van der Waals surface area (Å²) in [5.74, 6) is -0.114. The van der Waals surface area contributed by atoms with Crippen molar-refractivity contribution in [3.8, 4) is 0 Å². The van der Waals surface area contributed by atoms with Gasteiger partial charge in [-0.15, -0.1) is 0 Å². The van der Waals surface area contributed by atoms with Crippen molar-refractivity contribution >= 4 is 17.3 Å². The summed E-state index contributed by atoms with van der Waals surface area (Å²) in [6.07, 6.45) is 1.12. The van der Waals surface area contributed by atoms with E-state index in [1.807, 2.05) is 23.2 Å². The van der Waals surface area contributed by atoms with E-state index in [2.05, 4.69) is 18.4 Å². The molecular formula is C17H19N3O3. The molecule has 1 unspecified atom stereocenters. The van der Waals surface area contributed by atoms with Crippen LogP contribution in [0.1, 0.15) is 18.1 Å². The van der Waals surface area contributed by atoms with Crippen LogP contribution in [0.5, 0.6) is 0 Å². The highest BCUT2D eigenvalue weighted by atomic mass is 16.8. The van der Waals surface area contributed by atoms with Gasteiger partial charge in [0.05, 0.1) is 18.2 Å². The summed E-state index contributed by atoms with van der Waals surface area (Å²) in [5.41, 5.74) is 6.22. The van der Waals surface area contributed by atoms with E-state index in [0.717, 1.165) is 17.7 Å². The van der Waals surface area contributed by atoms with E-state index in [4.69, 9.17) is 5.21 Å². The summed E-state index contributed by atoms with van der Waals surface area (Å²) in [7, 11) is 0. The first-order valence-corrected chi connectivity index (χ1v) is 7.53. The quantitative estimate of drug-likeness (QED) is 0.739. The molecule has 3 N–H and O–H groups in total. The lowest BCUT2D eigenvalue weighted by atomic mass is 10.1. The smallest absolute Gasteiger partial charge is 0.242 e. The van der Waals surface area contributed by atoms with Crippen LogP contribution < -0.4 is 15.7 Å². The van der Waals surface area contributed by atoms with Crippen LogP contribution in [-0.2, 0) is 17.6 Å². The molecular weight excluding hydrogens is 294 g/mol. The first-order valence-electron chi connectivity index (χ1n) is 7.53. The number of amides is 1. The summed E-state index contributed by atoms with van der Waals surface area (Å²) >= 11 is 0. The van der Waals surface area contributed by atoms with E-state index < -0.39 is 5.23 Å². The monoisotopic (exact) mass is 313 g/mol. The largest absolute Gasteiger partial charge is 0.595 e. The number of hydrazine groups is 1. The van der Waals surface area contributed by atoms with E-state index >= 15 is 0 Å². The van der Waals surface area contributed by atoms with Gasteiger partial charge in [-0.3, -0.25) is 15.2 Å². The van der Waals surface area contributed by atoms with Crippen LogP contribution in [0.15, 0.2) is 48.5 Å². The van der Waals surface area contributed by atoms with Gasteiger partial charge in [0.15, 0.2) is 5.69 Å². The number of fused-ring (bicyclic) bond motifs is 1. The fourth-order valence-electron chi connectivity index (χ4n) is 2.86. The average Bonchev–Trinajstić information content (AvgIpc) is 2.84. The zero-order chi connectivity index (χ0) is 16.4. The number of carbonyl (C=O) groups excluding carboxylic acids is 1. The Balaban J connectivity index is 1.66. The third-order valence-corrected chi connectivity index (χ3v) is 4.02. The Hall–Kier alpha value is -2.41. The van der Waals surface area contributed by atoms with Crippen molar-refractivity contribution in [2.45, 2.75) is 25.8 Å². The molecule has 6 nitrogen and oxygen atoms in total. The summed E-state index contributed by atoms with van der Waals surface area (Å²) in [6, 6.07) is 14.6. The van der Waals surface area contributed by atoms with Gasteiger partial charge in [0.25, 0.3) is 0 Å². The number of quaternary nitrogens is 1. The zero-order valence-electron chi connectivity index (χ0n) is 12.8. The van der Waals surface area contributed by atoms with E-state index in [0.29, 0.717) is 0 Å². The minimum absolute atomic E-state index is 0.114. The highest BCUT2D eigenvalue weighted by molar-refractivity contribution is 5.81. The lowest BCUT2D eigenvalue weighted by Gasteiger charge is -2.25. The topological polar surface area (TPSA) is 80.1 Å². The second kappa shape index (κ2) is 6.37. The molecule has 120 valence electrons. The molecule has 23 heavy (non-hydrogen) atoms. The zero-order valence-corrected chi connectivity index (χ0v) is 12.8. The maximum Gasteiger partial charge on any atom is 0.242 e. The molecule has 1 aliphatic rings. The molecule has 2 atom stereocenters. The Morgan fingerprint density at radius 1 is 1.30 bits per heavy atom. The third kappa shape index (κ3) is 3.34. The molecule has 0 aliphatic carbocycles. The number of carbonyl (C=O) groups is 1. The minimum Gasteiger partial charge on any atom is -0.595 e. The van der Waals surface area contributed by atoms with E-state index in [-0.39, 0.29) is 24.1 Å². The first-order chi connectivity index (χ1) is 11.0. The highest BCUT2D eigenvalue weighted by Gasteiger charge is 2.26. The maximum absolute atomic E-state index is 12.3. The summed E-state index contributed by atoms with van der Waals surface area (Å²) in [4.78, 5) is 12.3. The molecule has 2 aromatic carbocycles. The fraction of sp³-hybridized carbons (Fsp3) is 0.235. The van der Waals surface area contributed by atoms with Gasteiger partial charge < -0.3 is 5.21 Å². The predicted molar refractivity (Wildman–Crippen MR) is 86.2 cm³/mol. The Bertz CT molecular complexity index is 700. The molecule has 1 amide bonds. The number of hydrogen-bond donors (Lipinski definition) is 3. The highest BCUT2D eigenvalue weighted by Crippen LogP contribution is 2.29. The average molecular weight is 313 g/mol.